The number of carbonyl (C=O) groups excluding carboxylic acids is 2. The molecule has 0 saturated carbocycles. The van der Waals surface area contributed by atoms with Crippen LogP contribution in [0.3, 0.4) is 0 Å². The summed E-state index contributed by atoms with van der Waals surface area (Å²) in [7, 11) is 0. The average molecular weight is 371 g/mol. The van der Waals surface area contributed by atoms with E-state index < -0.39 is 11.7 Å². The molecule has 1 unspecified atom stereocenters. The second-order valence-corrected chi connectivity index (χ2v) is 6.76. The maximum absolute atomic E-state index is 13.2. The van der Waals surface area contributed by atoms with E-state index in [1.165, 1.54) is 41.3 Å². The van der Waals surface area contributed by atoms with Crippen LogP contribution < -0.4 is 9.80 Å². The van der Waals surface area contributed by atoms with E-state index in [4.69, 9.17) is 0 Å². The summed E-state index contributed by atoms with van der Waals surface area (Å²) in [5.41, 5.74) is 1.48. The highest BCUT2D eigenvalue weighted by Crippen LogP contribution is 2.28. The molecule has 2 aliphatic rings. The average Bonchev–Trinajstić information content (AvgIpc) is 2.98. The van der Waals surface area contributed by atoms with Gasteiger partial charge in [-0.3, -0.25) is 19.4 Å². The molecule has 2 saturated heterocycles. The number of anilines is 2. The number of amides is 1. The second-order valence-electron chi connectivity index (χ2n) is 6.76. The molecule has 2 fully saturated rings. The van der Waals surface area contributed by atoms with Gasteiger partial charge in [0.05, 0.1) is 12.6 Å². The van der Waals surface area contributed by atoms with Crippen molar-refractivity contribution in [1.29, 1.82) is 0 Å². The molecule has 0 aliphatic carbocycles. The fourth-order valence-electron chi connectivity index (χ4n) is 3.73. The van der Waals surface area contributed by atoms with Crippen LogP contribution in [0.15, 0.2) is 48.5 Å². The molecule has 0 N–H and O–H groups in total. The Bertz CT molecular complexity index is 847. The van der Waals surface area contributed by atoms with Gasteiger partial charge in [0.15, 0.2) is 0 Å². The minimum absolute atomic E-state index is 0.132. The number of ketones is 1. The van der Waals surface area contributed by atoms with Gasteiger partial charge in [-0.15, -0.1) is 0 Å². The van der Waals surface area contributed by atoms with Crippen LogP contribution in [0.2, 0.25) is 0 Å². The van der Waals surface area contributed by atoms with E-state index in [-0.39, 0.29) is 24.2 Å². The highest BCUT2D eigenvalue weighted by Gasteiger charge is 2.43. The molecule has 0 aromatic heterocycles. The van der Waals surface area contributed by atoms with Crippen molar-refractivity contribution in [3.05, 3.63) is 60.2 Å². The molecule has 2 aromatic rings. The zero-order valence-corrected chi connectivity index (χ0v) is 14.6. The largest absolute Gasteiger partial charge is 0.369 e. The van der Waals surface area contributed by atoms with Crippen LogP contribution in [0.4, 0.5) is 20.2 Å². The number of nitrogens with zero attached hydrogens (tertiary/aromatic N) is 3. The van der Waals surface area contributed by atoms with Gasteiger partial charge in [-0.1, -0.05) is 0 Å². The molecule has 2 aliphatic heterocycles. The third-order valence-corrected chi connectivity index (χ3v) is 5.16. The van der Waals surface area contributed by atoms with Crippen molar-refractivity contribution < 1.29 is 18.4 Å². The molecule has 2 aromatic carbocycles. The smallest absolute Gasteiger partial charge is 0.295 e. The maximum Gasteiger partial charge on any atom is 0.295 e. The number of benzene rings is 2. The van der Waals surface area contributed by atoms with Crippen molar-refractivity contribution in [3.63, 3.8) is 0 Å². The lowest BCUT2D eigenvalue weighted by Gasteiger charge is -2.41. The number of carbonyl (C=O) groups is 2. The number of piperazine rings is 1. The van der Waals surface area contributed by atoms with E-state index in [0.717, 1.165) is 5.69 Å². The Morgan fingerprint density at radius 3 is 1.81 bits per heavy atom. The van der Waals surface area contributed by atoms with E-state index in [1.54, 1.807) is 12.1 Å². The Balaban J connectivity index is 1.49. The Labute approximate surface area is 155 Å². The van der Waals surface area contributed by atoms with Gasteiger partial charge in [0.25, 0.3) is 5.91 Å². The Hall–Kier alpha value is -2.80. The molecule has 140 valence electrons. The van der Waals surface area contributed by atoms with E-state index in [9.17, 15) is 18.4 Å². The molecular weight excluding hydrogens is 352 g/mol. The van der Waals surface area contributed by atoms with E-state index >= 15 is 0 Å². The number of halogens is 2. The molecule has 27 heavy (non-hydrogen) atoms. The minimum Gasteiger partial charge on any atom is -0.369 e. The lowest BCUT2D eigenvalue weighted by atomic mass is 10.2. The van der Waals surface area contributed by atoms with Gasteiger partial charge < -0.3 is 4.90 Å². The first-order valence-corrected chi connectivity index (χ1v) is 8.89. The molecule has 7 heteroatoms. The van der Waals surface area contributed by atoms with Crippen molar-refractivity contribution in [2.75, 3.05) is 36.0 Å². The molecule has 0 radical (unpaired) electrons. The topological polar surface area (TPSA) is 43.9 Å². The third-order valence-electron chi connectivity index (χ3n) is 5.16. The summed E-state index contributed by atoms with van der Waals surface area (Å²) in [5, 5.41) is 0. The van der Waals surface area contributed by atoms with Crippen LogP contribution in [-0.2, 0) is 9.59 Å². The quantitative estimate of drug-likeness (QED) is 0.778. The first-order valence-electron chi connectivity index (χ1n) is 8.89. The predicted molar refractivity (Wildman–Crippen MR) is 97.5 cm³/mol. The van der Waals surface area contributed by atoms with Gasteiger partial charge >= 0.3 is 0 Å². The van der Waals surface area contributed by atoms with Crippen LogP contribution in [0.5, 0.6) is 0 Å². The fourth-order valence-corrected chi connectivity index (χ4v) is 3.73. The molecule has 2 heterocycles. The Morgan fingerprint density at radius 2 is 1.26 bits per heavy atom. The van der Waals surface area contributed by atoms with Crippen molar-refractivity contribution in [2.24, 2.45) is 0 Å². The lowest BCUT2D eigenvalue weighted by Crippen LogP contribution is -2.54. The van der Waals surface area contributed by atoms with Gasteiger partial charge in [-0.2, -0.15) is 0 Å². The monoisotopic (exact) mass is 371 g/mol. The second kappa shape index (κ2) is 7.08. The molecular formula is C20H19F2N3O2. The predicted octanol–water partition coefficient (Wildman–Crippen LogP) is 2.42. The number of rotatable bonds is 3. The number of Topliss-reactive ketones (excluding diaryl/α,β-unsaturated/α-hetero) is 1. The van der Waals surface area contributed by atoms with E-state index in [2.05, 4.69) is 9.80 Å². The summed E-state index contributed by atoms with van der Waals surface area (Å²) >= 11 is 0. The van der Waals surface area contributed by atoms with Gasteiger partial charge in [0, 0.05) is 37.6 Å². The zero-order chi connectivity index (χ0) is 19.0. The van der Waals surface area contributed by atoms with Gasteiger partial charge in [-0.25, -0.2) is 8.78 Å². The van der Waals surface area contributed by atoms with Gasteiger partial charge in [0.2, 0.25) is 5.78 Å². The maximum atomic E-state index is 13.2. The lowest BCUT2D eigenvalue weighted by molar-refractivity contribution is -0.133. The third kappa shape index (κ3) is 3.42. The van der Waals surface area contributed by atoms with Gasteiger partial charge in [-0.05, 0) is 48.5 Å². The zero-order valence-electron chi connectivity index (χ0n) is 14.6. The van der Waals surface area contributed by atoms with Crippen LogP contribution in [0.1, 0.15) is 6.42 Å². The molecule has 1 amide bonds. The summed E-state index contributed by atoms with van der Waals surface area (Å²) in [6, 6.07) is 12.0. The summed E-state index contributed by atoms with van der Waals surface area (Å²) in [6.45, 7) is 2.75. The SMILES string of the molecule is O=C1CC(N2CCN(c3ccc(F)cc3)CC2)N(c2ccc(F)cc2)C1=O. The van der Waals surface area contributed by atoms with Crippen molar-refractivity contribution in [1.82, 2.24) is 4.90 Å². The molecule has 0 bridgehead atoms. The highest BCUT2D eigenvalue weighted by atomic mass is 19.1. The van der Waals surface area contributed by atoms with Crippen LogP contribution >= 0.6 is 0 Å². The fraction of sp³-hybridized carbons (Fsp3) is 0.300. The van der Waals surface area contributed by atoms with Gasteiger partial charge in [0.1, 0.15) is 11.6 Å². The van der Waals surface area contributed by atoms with Crippen molar-refractivity contribution in [3.8, 4) is 0 Å². The first kappa shape index (κ1) is 17.6. The van der Waals surface area contributed by atoms with Crippen LogP contribution in [-0.4, -0.2) is 48.9 Å². The summed E-state index contributed by atoms with van der Waals surface area (Å²) < 4.78 is 26.3. The number of hydrogen-bond donors (Lipinski definition) is 0. The molecule has 4 rings (SSSR count). The molecule has 5 nitrogen and oxygen atoms in total. The highest BCUT2D eigenvalue weighted by molar-refractivity contribution is 6.44. The summed E-state index contributed by atoms with van der Waals surface area (Å²) in [4.78, 5) is 30.1. The normalized spacial score (nSPS) is 21.2. The Kier molecular flexibility index (Phi) is 4.61. The van der Waals surface area contributed by atoms with Crippen molar-refractivity contribution in [2.45, 2.75) is 12.6 Å². The minimum atomic E-state index is -0.549. The summed E-state index contributed by atoms with van der Waals surface area (Å²) in [5.74, 6) is -1.63. The Morgan fingerprint density at radius 1 is 0.741 bits per heavy atom. The first-order chi connectivity index (χ1) is 13.0. The van der Waals surface area contributed by atoms with Crippen LogP contribution in [0, 0.1) is 11.6 Å². The van der Waals surface area contributed by atoms with E-state index in [0.29, 0.717) is 31.9 Å². The molecule has 1 atom stereocenters. The summed E-state index contributed by atoms with van der Waals surface area (Å²) in [6.07, 6.45) is -0.224. The number of hydrogen-bond acceptors (Lipinski definition) is 4. The molecule has 0 spiro atoms. The standard InChI is InChI=1S/C20H19F2N3O2/c21-14-1-5-16(6-2-14)23-9-11-24(12-10-23)19-13-18(26)20(27)25(19)17-7-3-15(22)4-8-17/h1-8,19H,9-13H2. The van der Waals surface area contributed by atoms with E-state index in [1.807, 2.05) is 0 Å². The van der Waals surface area contributed by atoms with Crippen LogP contribution in [0.25, 0.3) is 0 Å². The van der Waals surface area contributed by atoms with Crippen molar-refractivity contribution >= 4 is 23.1 Å².